The van der Waals surface area contributed by atoms with E-state index in [0.717, 1.165) is 107 Å². The lowest BCUT2D eigenvalue weighted by Gasteiger charge is -2.53. The summed E-state index contributed by atoms with van der Waals surface area (Å²) in [4.78, 5) is 25.9. The topological polar surface area (TPSA) is 109 Å². The summed E-state index contributed by atoms with van der Waals surface area (Å²) in [6.45, 7) is 3.97. The number of carbonyl (C=O) groups excluding carboxylic acids is 1. The maximum atomic E-state index is 12.4. The molecule has 0 bridgehead atoms. The smallest absolute Gasteiger partial charge is 0.340 e. The average molecular weight is 531 g/mol. The molecule has 2 heterocycles. The highest BCUT2D eigenvalue weighted by Gasteiger charge is 2.51. The summed E-state index contributed by atoms with van der Waals surface area (Å²) >= 11 is 0. The number of piperidine rings is 1. The summed E-state index contributed by atoms with van der Waals surface area (Å²) in [5.41, 5.74) is 2.55. The number of aryl methyl sites for hydroxylation is 1. The quantitative estimate of drug-likeness (QED) is 0.384. The number of aliphatic carboxylic acids is 1. The normalized spacial score (nSPS) is 21.7. The third-order valence-electron chi connectivity index (χ3n) is 9.88. The lowest BCUT2D eigenvalue weighted by molar-refractivity contribution is -0.166. The van der Waals surface area contributed by atoms with Crippen molar-refractivity contribution in [2.75, 3.05) is 19.6 Å². The van der Waals surface area contributed by atoms with Crippen LogP contribution >= 0.6 is 0 Å². The molecule has 2 saturated carbocycles. The number of nitrogens with zero attached hydrogens (tertiary/aromatic N) is 4. The molecule has 3 fully saturated rings. The molecule has 2 N–H and O–H groups in total. The molecule has 1 spiro atoms. The second-order valence-electron chi connectivity index (χ2n) is 12.1. The third-order valence-corrected chi connectivity index (χ3v) is 9.88. The van der Waals surface area contributed by atoms with Gasteiger partial charge in [-0.05, 0) is 105 Å². The van der Waals surface area contributed by atoms with E-state index < -0.39 is 11.6 Å². The van der Waals surface area contributed by atoms with Gasteiger partial charge < -0.3 is 15.1 Å². The van der Waals surface area contributed by atoms with Crippen LogP contribution in [0.4, 0.5) is 0 Å². The Hall–Kier alpha value is -3.10. The molecule has 1 atom stereocenters. The molecule has 206 valence electrons. The van der Waals surface area contributed by atoms with Crippen LogP contribution < -0.4 is 0 Å². The number of aromatic nitrogens is 3. The first-order valence-corrected chi connectivity index (χ1v) is 14.5. The van der Waals surface area contributed by atoms with E-state index in [1.54, 1.807) is 12.1 Å². The SMILES string of the molecule is O=Cc1ccc2c(c1)nnn2CCCN1CCC2(CC1)CC(c1ccccc1C(O)(C(=O)O)C1CCCC1)C2. The van der Waals surface area contributed by atoms with Crippen molar-refractivity contribution in [2.24, 2.45) is 11.3 Å². The number of hydrogen-bond donors (Lipinski definition) is 2. The number of rotatable bonds is 9. The fourth-order valence-electron chi connectivity index (χ4n) is 7.59. The molecule has 2 aliphatic carbocycles. The van der Waals surface area contributed by atoms with Crippen molar-refractivity contribution in [3.63, 3.8) is 0 Å². The number of hydrogen-bond acceptors (Lipinski definition) is 6. The zero-order valence-corrected chi connectivity index (χ0v) is 22.5. The van der Waals surface area contributed by atoms with Crippen molar-refractivity contribution in [3.8, 4) is 0 Å². The van der Waals surface area contributed by atoms with Crippen LogP contribution in [-0.4, -0.2) is 62.0 Å². The second-order valence-corrected chi connectivity index (χ2v) is 12.1. The van der Waals surface area contributed by atoms with Crippen molar-refractivity contribution in [1.82, 2.24) is 19.9 Å². The molecule has 0 radical (unpaired) electrons. The summed E-state index contributed by atoms with van der Waals surface area (Å²) in [7, 11) is 0. The van der Waals surface area contributed by atoms with E-state index in [4.69, 9.17) is 0 Å². The van der Waals surface area contributed by atoms with Crippen LogP contribution in [0.1, 0.15) is 85.2 Å². The first-order chi connectivity index (χ1) is 18.9. The van der Waals surface area contributed by atoms with E-state index in [1.807, 2.05) is 28.9 Å². The Morgan fingerprint density at radius 3 is 2.54 bits per heavy atom. The predicted octanol–water partition coefficient (Wildman–Crippen LogP) is 4.76. The molecule has 0 amide bonds. The maximum absolute atomic E-state index is 12.4. The summed E-state index contributed by atoms with van der Waals surface area (Å²) in [6.07, 6.45) is 9.83. The van der Waals surface area contributed by atoms with E-state index in [0.29, 0.717) is 22.5 Å². The van der Waals surface area contributed by atoms with Gasteiger partial charge >= 0.3 is 5.97 Å². The van der Waals surface area contributed by atoms with Gasteiger partial charge in [0, 0.05) is 18.0 Å². The molecule has 3 aliphatic rings. The number of fused-ring (bicyclic) bond motifs is 1. The fraction of sp³-hybridized carbons (Fsp3) is 0.548. The van der Waals surface area contributed by atoms with E-state index in [1.165, 1.54) is 0 Å². The molecule has 8 heteroatoms. The van der Waals surface area contributed by atoms with Crippen LogP contribution in [0.15, 0.2) is 42.5 Å². The first-order valence-electron chi connectivity index (χ1n) is 14.5. The highest BCUT2D eigenvalue weighted by Crippen LogP contribution is 2.58. The Morgan fingerprint density at radius 1 is 1.08 bits per heavy atom. The highest BCUT2D eigenvalue weighted by atomic mass is 16.4. The molecule has 8 nitrogen and oxygen atoms in total. The molecule has 2 aromatic carbocycles. The van der Waals surface area contributed by atoms with Gasteiger partial charge in [-0.15, -0.1) is 5.10 Å². The first kappa shape index (κ1) is 26.1. The molecular weight excluding hydrogens is 492 g/mol. The van der Waals surface area contributed by atoms with E-state index in [9.17, 15) is 19.8 Å². The van der Waals surface area contributed by atoms with Gasteiger partial charge in [0.25, 0.3) is 0 Å². The van der Waals surface area contributed by atoms with E-state index >= 15 is 0 Å². The Morgan fingerprint density at radius 2 is 1.82 bits per heavy atom. The van der Waals surface area contributed by atoms with Gasteiger partial charge in [-0.3, -0.25) is 4.79 Å². The molecule has 6 rings (SSSR count). The summed E-state index contributed by atoms with van der Waals surface area (Å²) < 4.78 is 1.92. The standard InChI is InChI=1S/C31H38N4O4/c36-21-22-10-11-28-27(18-22)32-33-35(28)15-5-14-34-16-12-30(13-17-34)19-23(20-30)25-8-3-4-9-26(25)31(39,29(37)38)24-6-1-2-7-24/h3-4,8-11,18,21,23-24,39H,1-2,5-7,12-17,19-20H2,(H,37,38). The number of benzene rings is 2. The van der Waals surface area contributed by atoms with Crippen molar-refractivity contribution >= 4 is 23.3 Å². The molecule has 1 saturated heterocycles. The van der Waals surface area contributed by atoms with Crippen molar-refractivity contribution < 1.29 is 19.8 Å². The number of carbonyl (C=O) groups is 2. The predicted molar refractivity (Wildman–Crippen MR) is 148 cm³/mol. The molecule has 1 aliphatic heterocycles. The van der Waals surface area contributed by atoms with Gasteiger partial charge in [0.05, 0.1) is 5.52 Å². The molecule has 39 heavy (non-hydrogen) atoms. The third kappa shape index (κ3) is 4.78. The minimum absolute atomic E-state index is 0.210. The van der Waals surface area contributed by atoms with Gasteiger partial charge in [0.15, 0.2) is 5.60 Å². The van der Waals surface area contributed by atoms with Crippen LogP contribution in [0.2, 0.25) is 0 Å². The van der Waals surface area contributed by atoms with Crippen LogP contribution in [0.5, 0.6) is 0 Å². The lowest BCUT2D eigenvalue weighted by atomic mass is 9.55. The average Bonchev–Trinajstić information content (AvgIpc) is 3.62. The Bertz CT molecular complexity index is 1350. The summed E-state index contributed by atoms with van der Waals surface area (Å²) in [5, 5.41) is 30.2. The Labute approximate surface area is 229 Å². The maximum Gasteiger partial charge on any atom is 0.340 e. The van der Waals surface area contributed by atoms with Crippen molar-refractivity contribution in [1.29, 1.82) is 0 Å². The molecular formula is C31H38N4O4. The number of carboxylic acid groups (broad SMARTS) is 1. The van der Waals surface area contributed by atoms with Gasteiger partial charge in [-0.25, -0.2) is 9.48 Å². The lowest BCUT2D eigenvalue weighted by Crippen LogP contribution is -2.48. The van der Waals surface area contributed by atoms with Crippen LogP contribution in [0.3, 0.4) is 0 Å². The van der Waals surface area contributed by atoms with Gasteiger partial charge in [0.1, 0.15) is 11.8 Å². The minimum atomic E-state index is -1.79. The fourth-order valence-corrected chi connectivity index (χ4v) is 7.59. The van der Waals surface area contributed by atoms with E-state index in [2.05, 4.69) is 21.3 Å². The van der Waals surface area contributed by atoms with E-state index in [-0.39, 0.29) is 5.92 Å². The Kier molecular flexibility index (Phi) is 7.02. The largest absolute Gasteiger partial charge is 0.479 e. The zero-order valence-electron chi connectivity index (χ0n) is 22.5. The Balaban J connectivity index is 1.04. The molecule has 1 unspecified atom stereocenters. The van der Waals surface area contributed by atoms with Crippen LogP contribution in [0.25, 0.3) is 11.0 Å². The monoisotopic (exact) mass is 530 g/mol. The number of aldehydes is 1. The number of aliphatic hydroxyl groups is 1. The van der Waals surface area contributed by atoms with Gasteiger partial charge in [-0.1, -0.05) is 42.3 Å². The van der Waals surface area contributed by atoms with Gasteiger partial charge in [0.2, 0.25) is 0 Å². The number of likely N-dealkylation sites (tertiary alicyclic amines) is 1. The summed E-state index contributed by atoms with van der Waals surface area (Å²) in [5.74, 6) is -0.994. The zero-order chi connectivity index (χ0) is 27.0. The molecule has 1 aromatic heterocycles. The number of carboxylic acids is 1. The van der Waals surface area contributed by atoms with Gasteiger partial charge in [-0.2, -0.15) is 0 Å². The highest BCUT2D eigenvalue weighted by molar-refractivity contribution is 5.84. The molecule has 3 aromatic rings. The van der Waals surface area contributed by atoms with Crippen molar-refractivity contribution in [2.45, 2.75) is 75.9 Å². The summed E-state index contributed by atoms with van der Waals surface area (Å²) in [6, 6.07) is 13.3. The van der Waals surface area contributed by atoms with Crippen molar-refractivity contribution in [3.05, 3.63) is 59.2 Å². The second kappa shape index (κ2) is 10.5. The minimum Gasteiger partial charge on any atom is -0.479 e. The van der Waals surface area contributed by atoms with Crippen LogP contribution in [-0.2, 0) is 16.9 Å². The van der Waals surface area contributed by atoms with Crippen LogP contribution in [0, 0.1) is 11.3 Å².